The number of carbonyl (C=O) groups is 2. The molecule has 3 amide bonds. The number of amides is 3. The summed E-state index contributed by atoms with van der Waals surface area (Å²) in [6.45, 7) is 7.69. The molecule has 1 aromatic carbocycles. The van der Waals surface area contributed by atoms with E-state index < -0.39 is 0 Å². The first kappa shape index (κ1) is 21.4. The monoisotopic (exact) mass is 410 g/mol. The number of hydrogen-bond acceptors (Lipinski definition) is 3. The molecule has 0 aliphatic heterocycles. The number of rotatable bonds is 7. The lowest BCUT2D eigenvalue weighted by Crippen LogP contribution is -2.33. The van der Waals surface area contributed by atoms with E-state index in [-0.39, 0.29) is 24.4 Å². The summed E-state index contributed by atoms with van der Waals surface area (Å²) in [5, 5.41) is 11.2. The van der Waals surface area contributed by atoms with Gasteiger partial charge in [-0.2, -0.15) is 5.10 Å². The second kappa shape index (κ2) is 9.02. The molecule has 2 heterocycles. The fourth-order valence-corrected chi connectivity index (χ4v) is 3.36. The van der Waals surface area contributed by atoms with E-state index in [2.05, 4.69) is 22.7 Å². The Kier molecular flexibility index (Phi) is 6.44. The topological polar surface area (TPSA) is 84.2 Å². The van der Waals surface area contributed by atoms with Crippen LogP contribution in [0.1, 0.15) is 18.3 Å². The van der Waals surface area contributed by atoms with Gasteiger partial charge >= 0.3 is 6.03 Å². The third kappa shape index (κ3) is 5.20. The number of urea groups is 1. The van der Waals surface area contributed by atoms with E-state index in [4.69, 9.17) is 0 Å². The second-order valence-corrected chi connectivity index (χ2v) is 8.05. The van der Waals surface area contributed by atoms with Crippen LogP contribution < -0.4 is 10.6 Å². The van der Waals surface area contributed by atoms with Crippen molar-refractivity contribution in [2.24, 2.45) is 5.92 Å². The molecular weight excluding hydrogens is 380 g/mol. The lowest BCUT2D eigenvalue weighted by molar-refractivity contribution is -0.129. The average Bonchev–Trinajstić information content (AvgIpc) is 3.22. The van der Waals surface area contributed by atoms with Crippen LogP contribution in [0.2, 0.25) is 0 Å². The van der Waals surface area contributed by atoms with Crippen molar-refractivity contribution in [3.05, 3.63) is 47.9 Å². The van der Waals surface area contributed by atoms with Crippen LogP contribution in [0.5, 0.6) is 0 Å². The Labute approximate surface area is 176 Å². The van der Waals surface area contributed by atoms with Gasteiger partial charge in [-0.15, -0.1) is 0 Å². The summed E-state index contributed by atoms with van der Waals surface area (Å²) >= 11 is 0. The number of fused-ring (bicyclic) bond motifs is 1. The second-order valence-electron chi connectivity index (χ2n) is 8.05. The van der Waals surface area contributed by atoms with Crippen LogP contribution in [0.3, 0.4) is 0 Å². The van der Waals surface area contributed by atoms with Gasteiger partial charge in [0.25, 0.3) is 0 Å². The van der Waals surface area contributed by atoms with Gasteiger partial charge in [0.05, 0.1) is 5.69 Å². The zero-order valence-corrected chi connectivity index (χ0v) is 18.3. The minimum Gasteiger partial charge on any atom is -0.347 e. The highest BCUT2D eigenvalue weighted by Crippen LogP contribution is 2.20. The molecule has 3 rings (SSSR count). The highest BCUT2D eigenvalue weighted by Gasteiger charge is 2.11. The molecule has 1 unspecified atom stereocenters. The van der Waals surface area contributed by atoms with Gasteiger partial charge in [-0.05, 0) is 50.1 Å². The minimum absolute atomic E-state index is 0.0312. The standard InChI is InChI=1S/C22H30N6O2/c1-15(13-28-17(3)10-16(2)25-28)12-23-22(30)24-19-6-7-20-18(11-19)8-9-27(20)14-21(29)26(4)5/h6-11,15H,12-14H2,1-5H3,(H2,23,24,30). The molecule has 1 atom stereocenters. The maximum Gasteiger partial charge on any atom is 0.319 e. The lowest BCUT2D eigenvalue weighted by atomic mass is 10.2. The molecule has 0 fully saturated rings. The summed E-state index contributed by atoms with van der Waals surface area (Å²) in [6, 6.07) is 9.42. The predicted octanol–water partition coefficient (Wildman–Crippen LogP) is 3.00. The number of aromatic nitrogens is 3. The molecule has 2 aromatic heterocycles. The number of hydrogen-bond donors (Lipinski definition) is 2. The minimum atomic E-state index is -0.239. The number of nitrogens with one attached hydrogen (secondary N) is 2. The zero-order chi connectivity index (χ0) is 21.8. The third-order valence-electron chi connectivity index (χ3n) is 5.03. The maximum absolute atomic E-state index is 12.3. The Hall–Kier alpha value is -3.29. The predicted molar refractivity (Wildman–Crippen MR) is 119 cm³/mol. The fourth-order valence-electron chi connectivity index (χ4n) is 3.36. The number of carbonyl (C=O) groups excluding carboxylic acids is 2. The molecule has 2 N–H and O–H groups in total. The largest absolute Gasteiger partial charge is 0.347 e. The van der Waals surface area contributed by atoms with E-state index in [1.54, 1.807) is 19.0 Å². The van der Waals surface area contributed by atoms with Gasteiger partial charge in [-0.1, -0.05) is 6.92 Å². The first-order valence-corrected chi connectivity index (χ1v) is 10.1. The molecule has 0 saturated carbocycles. The van der Waals surface area contributed by atoms with E-state index in [9.17, 15) is 9.59 Å². The molecule has 0 spiro atoms. The molecule has 0 bridgehead atoms. The summed E-state index contributed by atoms with van der Waals surface area (Å²) in [6.07, 6.45) is 1.89. The van der Waals surface area contributed by atoms with Crippen LogP contribution >= 0.6 is 0 Å². The van der Waals surface area contributed by atoms with Crippen molar-refractivity contribution in [2.45, 2.75) is 33.9 Å². The molecule has 8 heteroatoms. The molecule has 0 radical (unpaired) electrons. The number of aryl methyl sites for hydroxylation is 2. The van der Waals surface area contributed by atoms with Crippen LogP contribution in [-0.2, 0) is 17.9 Å². The van der Waals surface area contributed by atoms with Gasteiger partial charge in [0, 0.05) is 55.7 Å². The molecule has 160 valence electrons. The molecule has 8 nitrogen and oxygen atoms in total. The molecular formula is C22H30N6O2. The Morgan fingerprint density at radius 2 is 1.93 bits per heavy atom. The normalized spacial score (nSPS) is 12.0. The average molecular weight is 411 g/mol. The molecule has 0 saturated heterocycles. The van der Waals surface area contributed by atoms with E-state index in [1.165, 1.54) is 0 Å². The summed E-state index contributed by atoms with van der Waals surface area (Å²) in [5.74, 6) is 0.281. The van der Waals surface area contributed by atoms with Crippen molar-refractivity contribution in [3.8, 4) is 0 Å². The molecule has 30 heavy (non-hydrogen) atoms. The van der Waals surface area contributed by atoms with Crippen molar-refractivity contribution >= 4 is 28.5 Å². The lowest BCUT2D eigenvalue weighted by Gasteiger charge is -2.15. The van der Waals surface area contributed by atoms with Crippen molar-refractivity contribution in [1.82, 2.24) is 24.6 Å². The van der Waals surface area contributed by atoms with Gasteiger partial charge in [-0.25, -0.2) is 4.79 Å². The fraction of sp³-hybridized carbons (Fsp3) is 0.409. The molecule has 0 aliphatic rings. The van der Waals surface area contributed by atoms with Gasteiger partial charge in [0.2, 0.25) is 5.91 Å². The zero-order valence-electron chi connectivity index (χ0n) is 18.3. The number of nitrogens with zero attached hydrogens (tertiary/aromatic N) is 4. The smallest absolute Gasteiger partial charge is 0.319 e. The number of benzene rings is 1. The number of anilines is 1. The first-order valence-electron chi connectivity index (χ1n) is 10.1. The van der Waals surface area contributed by atoms with Gasteiger partial charge in [-0.3, -0.25) is 9.48 Å². The highest BCUT2D eigenvalue weighted by molar-refractivity contribution is 5.93. The Morgan fingerprint density at radius 3 is 2.60 bits per heavy atom. The Morgan fingerprint density at radius 1 is 1.17 bits per heavy atom. The van der Waals surface area contributed by atoms with Crippen LogP contribution in [0.4, 0.5) is 10.5 Å². The summed E-state index contributed by atoms with van der Waals surface area (Å²) < 4.78 is 3.88. The maximum atomic E-state index is 12.3. The molecule has 3 aromatic rings. The first-order chi connectivity index (χ1) is 14.2. The van der Waals surface area contributed by atoms with Crippen LogP contribution in [0.25, 0.3) is 10.9 Å². The summed E-state index contributed by atoms with van der Waals surface area (Å²) in [5.41, 5.74) is 3.79. The summed E-state index contributed by atoms with van der Waals surface area (Å²) in [7, 11) is 3.49. The van der Waals surface area contributed by atoms with E-state index >= 15 is 0 Å². The van der Waals surface area contributed by atoms with Crippen LogP contribution in [-0.4, -0.2) is 51.8 Å². The van der Waals surface area contributed by atoms with E-state index in [1.807, 2.05) is 59.6 Å². The Bertz CT molecular complexity index is 1050. The van der Waals surface area contributed by atoms with Crippen molar-refractivity contribution in [3.63, 3.8) is 0 Å². The van der Waals surface area contributed by atoms with Crippen molar-refractivity contribution in [2.75, 3.05) is 26.0 Å². The Balaban J connectivity index is 1.54. The van der Waals surface area contributed by atoms with Gasteiger partial charge < -0.3 is 20.1 Å². The van der Waals surface area contributed by atoms with Gasteiger partial charge in [0.15, 0.2) is 0 Å². The molecule has 0 aliphatic carbocycles. The SMILES string of the molecule is Cc1cc(C)n(CC(C)CNC(=O)Nc2ccc3c(ccn3CC(=O)N(C)C)c2)n1. The van der Waals surface area contributed by atoms with Crippen molar-refractivity contribution in [1.29, 1.82) is 0 Å². The van der Waals surface area contributed by atoms with Gasteiger partial charge in [0.1, 0.15) is 6.54 Å². The van der Waals surface area contributed by atoms with Crippen LogP contribution in [0, 0.1) is 19.8 Å². The third-order valence-corrected chi connectivity index (χ3v) is 5.03. The summed E-state index contributed by atoms with van der Waals surface area (Å²) in [4.78, 5) is 25.8. The van der Waals surface area contributed by atoms with Crippen molar-refractivity contribution < 1.29 is 9.59 Å². The van der Waals surface area contributed by atoms with E-state index in [0.717, 1.165) is 28.8 Å². The number of likely N-dealkylation sites (N-methyl/N-ethyl adjacent to an activating group) is 1. The highest BCUT2D eigenvalue weighted by atomic mass is 16.2. The quantitative estimate of drug-likeness (QED) is 0.628. The van der Waals surface area contributed by atoms with E-state index in [0.29, 0.717) is 12.2 Å². The van der Waals surface area contributed by atoms with Crippen LogP contribution in [0.15, 0.2) is 36.5 Å².